The van der Waals surface area contributed by atoms with Gasteiger partial charge in [-0.25, -0.2) is 0 Å². The second kappa shape index (κ2) is 8.50. The van der Waals surface area contributed by atoms with Gasteiger partial charge in [-0.15, -0.1) is 0 Å². The van der Waals surface area contributed by atoms with Crippen LogP contribution in [0.1, 0.15) is 23.7 Å². The Balaban J connectivity index is 1.70. The summed E-state index contributed by atoms with van der Waals surface area (Å²) in [6, 6.07) is 10.5. The average Bonchev–Trinajstić information content (AvgIpc) is 3.18. The quantitative estimate of drug-likeness (QED) is 0.386. The summed E-state index contributed by atoms with van der Waals surface area (Å²) >= 11 is 12.4. The lowest BCUT2D eigenvalue weighted by atomic mass is 10.0. The molecule has 5 nitrogen and oxygen atoms in total. The molecule has 0 aliphatic rings. The summed E-state index contributed by atoms with van der Waals surface area (Å²) in [5.41, 5.74) is 2.29. The Morgan fingerprint density at radius 3 is 2.68 bits per heavy atom. The van der Waals surface area contributed by atoms with Gasteiger partial charge >= 0.3 is 0 Å². The summed E-state index contributed by atoms with van der Waals surface area (Å²) < 4.78 is 5.50. The second-order valence-electron chi connectivity index (χ2n) is 6.11. The van der Waals surface area contributed by atoms with Gasteiger partial charge in [-0.2, -0.15) is 0 Å². The van der Waals surface area contributed by atoms with Crippen LogP contribution in [0.15, 0.2) is 54.7 Å². The minimum Gasteiger partial charge on any atom is -0.482 e. The molecule has 3 aromatic rings. The van der Waals surface area contributed by atoms with Crippen LogP contribution in [0.5, 0.6) is 5.75 Å². The average molecular weight is 417 g/mol. The van der Waals surface area contributed by atoms with E-state index in [1.165, 1.54) is 12.1 Å². The number of fused-ring (bicyclic) bond motifs is 1. The molecule has 0 fully saturated rings. The predicted octanol–water partition coefficient (Wildman–Crippen LogP) is 5.64. The zero-order valence-electron chi connectivity index (χ0n) is 15.1. The van der Waals surface area contributed by atoms with Crippen LogP contribution in [-0.4, -0.2) is 23.3 Å². The van der Waals surface area contributed by atoms with Crippen LogP contribution >= 0.6 is 23.2 Å². The molecule has 0 bridgehead atoms. The van der Waals surface area contributed by atoms with E-state index in [1.54, 1.807) is 12.3 Å². The van der Waals surface area contributed by atoms with Crippen LogP contribution < -0.4 is 10.1 Å². The van der Waals surface area contributed by atoms with Crippen molar-refractivity contribution in [3.8, 4) is 5.75 Å². The Labute approximate surface area is 172 Å². The fraction of sp³-hybridized carbons (Fsp3) is 0.143. The number of anilines is 1. The number of aromatic amines is 1. The maximum Gasteiger partial charge on any atom is 0.262 e. The molecule has 0 aliphatic heterocycles. The van der Waals surface area contributed by atoms with E-state index in [-0.39, 0.29) is 39.7 Å². The number of halogens is 2. The maximum atomic E-state index is 12.3. The minimum atomic E-state index is -0.347. The third kappa shape index (κ3) is 4.06. The van der Waals surface area contributed by atoms with Crippen molar-refractivity contribution in [3.05, 3.63) is 70.4 Å². The van der Waals surface area contributed by atoms with Crippen molar-refractivity contribution in [2.24, 2.45) is 0 Å². The SMILES string of the molecule is C=C(CC)C(=O)c1ccc(OCC(=O)Nc2cccc3[nH]ccc23)c(Cl)c1Cl. The van der Waals surface area contributed by atoms with Crippen LogP contribution in [0.25, 0.3) is 10.9 Å². The number of hydrogen-bond donors (Lipinski definition) is 2. The van der Waals surface area contributed by atoms with E-state index in [2.05, 4.69) is 16.9 Å². The highest BCUT2D eigenvalue weighted by atomic mass is 35.5. The summed E-state index contributed by atoms with van der Waals surface area (Å²) in [5.74, 6) is -0.390. The van der Waals surface area contributed by atoms with E-state index in [0.717, 1.165) is 10.9 Å². The number of Topliss-reactive ketones (excluding diaryl/α,β-unsaturated/α-hetero) is 1. The number of allylic oxidation sites excluding steroid dienone is 1. The number of ether oxygens (including phenoxy) is 1. The highest BCUT2D eigenvalue weighted by Crippen LogP contribution is 2.35. The van der Waals surface area contributed by atoms with Crippen LogP contribution in [0.4, 0.5) is 5.69 Å². The molecular formula is C21H18Cl2N2O3. The molecule has 2 N–H and O–H groups in total. The van der Waals surface area contributed by atoms with Crippen LogP contribution in [-0.2, 0) is 4.79 Å². The van der Waals surface area contributed by atoms with Gasteiger partial charge in [0.25, 0.3) is 5.91 Å². The van der Waals surface area contributed by atoms with E-state index in [4.69, 9.17) is 27.9 Å². The number of rotatable bonds is 7. The first kappa shape index (κ1) is 20.0. The Hall–Kier alpha value is -2.76. The van der Waals surface area contributed by atoms with Gasteiger partial charge < -0.3 is 15.0 Å². The van der Waals surface area contributed by atoms with Crippen molar-refractivity contribution in [2.75, 3.05) is 11.9 Å². The number of nitrogens with one attached hydrogen (secondary N) is 2. The Bertz CT molecular complexity index is 1070. The Kier molecular flexibility index (Phi) is 6.07. The zero-order valence-corrected chi connectivity index (χ0v) is 16.7. The molecule has 3 rings (SSSR count). The molecule has 0 spiro atoms. The minimum absolute atomic E-state index is 0.0799. The standard InChI is InChI=1S/C21H18Cl2N2O3/c1-3-12(2)21(27)14-7-8-17(20(23)19(14)22)28-11-18(26)25-16-6-4-5-15-13(16)9-10-24-15/h4-10,24H,2-3,11H2,1H3,(H,25,26). The molecule has 0 atom stereocenters. The normalized spacial score (nSPS) is 10.7. The van der Waals surface area contributed by atoms with Crippen molar-refractivity contribution in [1.82, 2.24) is 4.98 Å². The number of ketones is 1. The van der Waals surface area contributed by atoms with Crippen molar-refractivity contribution >= 4 is 51.5 Å². The van der Waals surface area contributed by atoms with E-state index in [1.807, 2.05) is 25.1 Å². The van der Waals surface area contributed by atoms with Gasteiger partial charge in [-0.3, -0.25) is 9.59 Å². The molecule has 0 saturated heterocycles. The fourth-order valence-electron chi connectivity index (χ4n) is 2.69. The summed E-state index contributed by atoms with van der Waals surface area (Å²) in [5, 5.41) is 3.86. The molecule has 1 aromatic heterocycles. The monoisotopic (exact) mass is 416 g/mol. The molecule has 0 saturated carbocycles. The number of H-pyrrole nitrogens is 1. The van der Waals surface area contributed by atoms with Gasteiger partial charge in [0, 0.05) is 22.7 Å². The van der Waals surface area contributed by atoms with E-state index >= 15 is 0 Å². The van der Waals surface area contributed by atoms with Crippen molar-refractivity contribution in [1.29, 1.82) is 0 Å². The van der Waals surface area contributed by atoms with Gasteiger partial charge in [0.05, 0.1) is 10.7 Å². The number of carbonyl (C=O) groups excluding carboxylic acids is 2. The molecule has 28 heavy (non-hydrogen) atoms. The first-order chi connectivity index (χ1) is 13.4. The van der Waals surface area contributed by atoms with Gasteiger partial charge in [-0.1, -0.05) is 42.8 Å². The molecule has 0 unspecified atom stereocenters. The number of hydrogen-bond acceptors (Lipinski definition) is 3. The van der Waals surface area contributed by atoms with Gasteiger partial charge in [0.2, 0.25) is 0 Å². The third-order valence-corrected chi connectivity index (χ3v) is 5.13. The topological polar surface area (TPSA) is 71.2 Å². The van der Waals surface area contributed by atoms with Crippen molar-refractivity contribution in [2.45, 2.75) is 13.3 Å². The van der Waals surface area contributed by atoms with Crippen LogP contribution in [0, 0.1) is 0 Å². The lowest BCUT2D eigenvalue weighted by Gasteiger charge is -2.12. The summed E-state index contributed by atoms with van der Waals surface area (Å²) in [4.78, 5) is 27.6. The molecule has 144 valence electrons. The summed E-state index contributed by atoms with van der Waals surface area (Å²) in [6.07, 6.45) is 2.31. The largest absolute Gasteiger partial charge is 0.482 e. The molecule has 2 aromatic carbocycles. The van der Waals surface area contributed by atoms with Crippen LogP contribution in [0.3, 0.4) is 0 Å². The predicted molar refractivity (Wildman–Crippen MR) is 113 cm³/mol. The molecule has 0 aliphatic carbocycles. The molecule has 1 amide bonds. The van der Waals surface area contributed by atoms with Crippen LogP contribution in [0.2, 0.25) is 10.0 Å². The van der Waals surface area contributed by atoms with E-state index in [0.29, 0.717) is 17.7 Å². The fourth-order valence-corrected chi connectivity index (χ4v) is 3.15. The number of amides is 1. The Morgan fingerprint density at radius 1 is 1.14 bits per heavy atom. The van der Waals surface area contributed by atoms with Gasteiger partial charge in [-0.05, 0) is 42.3 Å². The first-order valence-electron chi connectivity index (χ1n) is 8.61. The zero-order chi connectivity index (χ0) is 20.3. The maximum absolute atomic E-state index is 12.3. The number of aromatic nitrogens is 1. The third-order valence-electron chi connectivity index (χ3n) is 4.27. The highest BCUT2D eigenvalue weighted by molar-refractivity contribution is 6.45. The lowest BCUT2D eigenvalue weighted by molar-refractivity contribution is -0.118. The second-order valence-corrected chi connectivity index (χ2v) is 6.86. The molecule has 7 heteroatoms. The van der Waals surface area contributed by atoms with Crippen molar-refractivity contribution in [3.63, 3.8) is 0 Å². The lowest BCUT2D eigenvalue weighted by Crippen LogP contribution is -2.20. The van der Waals surface area contributed by atoms with Gasteiger partial charge in [0.1, 0.15) is 10.8 Å². The van der Waals surface area contributed by atoms with Gasteiger partial charge in [0.15, 0.2) is 12.4 Å². The summed E-state index contributed by atoms with van der Waals surface area (Å²) in [6.45, 7) is 5.30. The Morgan fingerprint density at radius 2 is 1.93 bits per heavy atom. The molecular weight excluding hydrogens is 399 g/mol. The molecule has 0 radical (unpaired) electrons. The first-order valence-corrected chi connectivity index (χ1v) is 9.37. The van der Waals surface area contributed by atoms with Crippen molar-refractivity contribution < 1.29 is 14.3 Å². The van der Waals surface area contributed by atoms with E-state index < -0.39 is 0 Å². The molecule has 1 heterocycles. The highest BCUT2D eigenvalue weighted by Gasteiger charge is 2.18. The summed E-state index contributed by atoms with van der Waals surface area (Å²) in [7, 11) is 0. The smallest absolute Gasteiger partial charge is 0.262 e. The number of carbonyl (C=O) groups is 2. The van der Waals surface area contributed by atoms with E-state index in [9.17, 15) is 9.59 Å². The number of benzene rings is 2.